The fraction of sp³-hybridized carbons (Fsp3) is 1.00. The lowest BCUT2D eigenvalue weighted by Crippen LogP contribution is -2.39. The maximum Gasteiger partial charge on any atom is 0.00983 e. The molecule has 1 nitrogen and oxygen atoms in total. The van der Waals surface area contributed by atoms with Crippen molar-refractivity contribution in [3.63, 3.8) is 0 Å². The minimum Gasteiger partial charge on any atom is -0.327 e. The highest BCUT2D eigenvalue weighted by Crippen LogP contribution is 2.51. The predicted molar refractivity (Wildman–Crippen MR) is 58.8 cm³/mol. The Morgan fingerprint density at radius 1 is 1.07 bits per heavy atom. The van der Waals surface area contributed by atoms with Crippen LogP contribution in [0.5, 0.6) is 0 Å². The van der Waals surface area contributed by atoms with Gasteiger partial charge in [-0.3, -0.25) is 0 Å². The molecule has 3 fully saturated rings. The van der Waals surface area contributed by atoms with E-state index in [1.54, 1.807) is 0 Å². The molecule has 0 aromatic carbocycles. The molecule has 0 spiro atoms. The highest BCUT2D eigenvalue weighted by atomic mass is 14.7. The average molecular weight is 193 g/mol. The van der Waals surface area contributed by atoms with Gasteiger partial charge in [-0.1, -0.05) is 13.3 Å². The third-order valence-corrected chi connectivity index (χ3v) is 5.26. The van der Waals surface area contributed by atoms with Crippen molar-refractivity contribution in [1.82, 2.24) is 0 Å². The lowest BCUT2D eigenvalue weighted by Gasteiger charge is -2.32. The van der Waals surface area contributed by atoms with Gasteiger partial charge in [0.1, 0.15) is 0 Å². The summed E-state index contributed by atoms with van der Waals surface area (Å²) in [6.45, 7) is 2.40. The number of nitrogens with two attached hydrogens (primary N) is 1. The summed E-state index contributed by atoms with van der Waals surface area (Å²) in [4.78, 5) is 0. The van der Waals surface area contributed by atoms with E-state index in [1.807, 2.05) is 0 Å². The lowest BCUT2D eigenvalue weighted by atomic mass is 9.77. The molecule has 3 aliphatic rings. The van der Waals surface area contributed by atoms with Crippen molar-refractivity contribution in [3.8, 4) is 0 Å². The summed E-state index contributed by atoms with van der Waals surface area (Å²) in [5, 5.41) is 0. The summed E-state index contributed by atoms with van der Waals surface area (Å²) in [5.41, 5.74) is 6.45. The van der Waals surface area contributed by atoms with E-state index in [4.69, 9.17) is 5.73 Å². The maximum atomic E-state index is 6.45. The Balaban J connectivity index is 1.64. The number of fused-ring (bicyclic) bond motifs is 2. The Morgan fingerprint density at radius 3 is 2.36 bits per heavy atom. The lowest BCUT2D eigenvalue weighted by molar-refractivity contribution is 0.221. The van der Waals surface area contributed by atoms with Gasteiger partial charge in [-0.25, -0.2) is 0 Å². The smallest absolute Gasteiger partial charge is 0.00983 e. The normalized spacial score (nSPS) is 45.4. The van der Waals surface area contributed by atoms with E-state index in [0.717, 1.165) is 29.6 Å². The molecule has 3 saturated carbocycles. The first-order valence-corrected chi connectivity index (χ1v) is 6.51. The van der Waals surface area contributed by atoms with Crippen LogP contribution in [0.2, 0.25) is 0 Å². The summed E-state index contributed by atoms with van der Waals surface area (Å²) in [6, 6.07) is 0.526. The van der Waals surface area contributed by atoms with Crippen LogP contribution in [0.3, 0.4) is 0 Å². The van der Waals surface area contributed by atoms with Gasteiger partial charge in [0.2, 0.25) is 0 Å². The molecular formula is C13H23N. The molecule has 2 bridgehead atoms. The second kappa shape index (κ2) is 3.23. The fourth-order valence-corrected chi connectivity index (χ4v) is 4.09. The molecule has 0 aromatic rings. The Morgan fingerprint density at radius 2 is 1.86 bits per heavy atom. The Hall–Kier alpha value is -0.0400. The van der Waals surface area contributed by atoms with Gasteiger partial charge >= 0.3 is 0 Å². The molecule has 3 rings (SSSR count). The topological polar surface area (TPSA) is 26.0 Å². The summed E-state index contributed by atoms with van der Waals surface area (Å²) < 4.78 is 0. The standard InChI is InChI=1S/C13H23N/c1-8(10-4-5-10)13(14)12-7-9-2-3-11(12)6-9/h8-13H,2-7,14H2,1H3. The number of hydrogen-bond donors (Lipinski definition) is 1. The van der Waals surface area contributed by atoms with Crippen LogP contribution in [-0.2, 0) is 0 Å². The molecule has 0 aromatic heterocycles. The minimum absolute atomic E-state index is 0.526. The van der Waals surface area contributed by atoms with E-state index in [2.05, 4.69) is 6.92 Å². The molecule has 80 valence electrons. The van der Waals surface area contributed by atoms with Crippen molar-refractivity contribution < 1.29 is 0 Å². The van der Waals surface area contributed by atoms with Crippen molar-refractivity contribution >= 4 is 0 Å². The van der Waals surface area contributed by atoms with Crippen LogP contribution >= 0.6 is 0 Å². The van der Waals surface area contributed by atoms with Crippen LogP contribution < -0.4 is 5.73 Å². The maximum absolute atomic E-state index is 6.45. The van der Waals surface area contributed by atoms with Crippen molar-refractivity contribution in [1.29, 1.82) is 0 Å². The summed E-state index contributed by atoms with van der Waals surface area (Å²) in [7, 11) is 0. The van der Waals surface area contributed by atoms with E-state index in [-0.39, 0.29) is 0 Å². The molecular weight excluding hydrogens is 170 g/mol. The van der Waals surface area contributed by atoms with Gasteiger partial charge < -0.3 is 5.73 Å². The third kappa shape index (κ3) is 1.41. The Labute approximate surface area is 87.4 Å². The van der Waals surface area contributed by atoms with E-state index in [0.29, 0.717) is 6.04 Å². The zero-order valence-electron chi connectivity index (χ0n) is 9.28. The van der Waals surface area contributed by atoms with Crippen molar-refractivity contribution in [2.45, 2.75) is 51.5 Å². The molecule has 0 radical (unpaired) electrons. The molecule has 0 amide bonds. The summed E-state index contributed by atoms with van der Waals surface area (Å²) in [6.07, 6.45) is 8.87. The summed E-state index contributed by atoms with van der Waals surface area (Å²) in [5.74, 6) is 4.76. The molecule has 2 N–H and O–H groups in total. The van der Waals surface area contributed by atoms with Crippen molar-refractivity contribution in [3.05, 3.63) is 0 Å². The highest BCUT2D eigenvalue weighted by molar-refractivity contribution is 4.98. The molecule has 0 heterocycles. The van der Waals surface area contributed by atoms with Crippen molar-refractivity contribution in [2.24, 2.45) is 35.3 Å². The zero-order chi connectivity index (χ0) is 9.71. The minimum atomic E-state index is 0.526. The highest BCUT2D eigenvalue weighted by Gasteiger charge is 2.45. The molecule has 0 saturated heterocycles. The van der Waals surface area contributed by atoms with Crippen LogP contribution in [0, 0.1) is 29.6 Å². The van der Waals surface area contributed by atoms with Gasteiger partial charge in [0.15, 0.2) is 0 Å². The molecule has 14 heavy (non-hydrogen) atoms. The van der Waals surface area contributed by atoms with Crippen LogP contribution in [0.15, 0.2) is 0 Å². The van der Waals surface area contributed by atoms with E-state index >= 15 is 0 Å². The molecule has 5 unspecified atom stereocenters. The largest absolute Gasteiger partial charge is 0.327 e. The number of rotatable bonds is 3. The molecule has 5 atom stereocenters. The first-order chi connectivity index (χ1) is 6.75. The van der Waals surface area contributed by atoms with Gasteiger partial charge in [-0.2, -0.15) is 0 Å². The van der Waals surface area contributed by atoms with Crippen molar-refractivity contribution in [2.75, 3.05) is 0 Å². The zero-order valence-corrected chi connectivity index (χ0v) is 9.28. The molecule has 1 heteroatoms. The third-order valence-electron chi connectivity index (χ3n) is 5.26. The van der Waals surface area contributed by atoms with Crippen LogP contribution in [0.1, 0.15) is 45.4 Å². The van der Waals surface area contributed by atoms with Gasteiger partial charge in [0, 0.05) is 6.04 Å². The second-order valence-electron chi connectivity index (χ2n) is 6.11. The Kier molecular flexibility index (Phi) is 2.12. The van der Waals surface area contributed by atoms with Gasteiger partial charge in [0.05, 0.1) is 0 Å². The van der Waals surface area contributed by atoms with Crippen LogP contribution in [0.4, 0.5) is 0 Å². The van der Waals surface area contributed by atoms with E-state index < -0.39 is 0 Å². The molecule has 3 aliphatic carbocycles. The number of hydrogen-bond acceptors (Lipinski definition) is 1. The quantitative estimate of drug-likeness (QED) is 0.733. The van der Waals surface area contributed by atoms with E-state index in [1.165, 1.54) is 38.5 Å². The monoisotopic (exact) mass is 193 g/mol. The fourth-order valence-electron chi connectivity index (χ4n) is 4.09. The predicted octanol–water partition coefficient (Wildman–Crippen LogP) is 2.80. The van der Waals surface area contributed by atoms with Gasteiger partial charge in [-0.15, -0.1) is 0 Å². The average Bonchev–Trinajstić information content (AvgIpc) is 2.84. The van der Waals surface area contributed by atoms with Crippen LogP contribution in [-0.4, -0.2) is 6.04 Å². The Bertz CT molecular complexity index is 221. The second-order valence-corrected chi connectivity index (χ2v) is 6.11. The molecule has 0 aliphatic heterocycles. The summed E-state index contributed by atoms with van der Waals surface area (Å²) >= 11 is 0. The first kappa shape index (κ1) is 9.21. The van der Waals surface area contributed by atoms with Gasteiger partial charge in [-0.05, 0) is 61.7 Å². The first-order valence-electron chi connectivity index (χ1n) is 6.51. The van der Waals surface area contributed by atoms with Gasteiger partial charge in [0.25, 0.3) is 0 Å². The van der Waals surface area contributed by atoms with E-state index in [9.17, 15) is 0 Å². The SMILES string of the molecule is CC(C1CC1)C(N)C1CC2CCC1C2. The van der Waals surface area contributed by atoms with Crippen LogP contribution in [0.25, 0.3) is 0 Å².